The lowest BCUT2D eigenvalue weighted by Gasteiger charge is -2.30. The predicted octanol–water partition coefficient (Wildman–Crippen LogP) is 2.17. The number of nitrogens with zero attached hydrogens (tertiary/aromatic N) is 4. The highest BCUT2D eigenvalue weighted by atomic mass is 16.6. The highest BCUT2D eigenvalue weighted by molar-refractivity contribution is 5.60. The van der Waals surface area contributed by atoms with Crippen molar-refractivity contribution in [2.45, 2.75) is 32.0 Å². The molecule has 1 aliphatic heterocycles. The molecule has 0 spiro atoms. The summed E-state index contributed by atoms with van der Waals surface area (Å²) in [4.78, 5) is 30.0. The molecule has 9 nitrogen and oxygen atoms in total. The summed E-state index contributed by atoms with van der Waals surface area (Å²) in [5.74, 6) is -0.0351. The lowest BCUT2D eigenvalue weighted by molar-refractivity contribution is -0.385. The van der Waals surface area contributed by atoms with Gasteiger partial charge in [-0.3, -0.25) is 24.2 Å². The minimum absolute atomic E-state index is 0.0351. The number of rotatable bonds is 6. The SMILES string of the molecule is O=c1c([N+](=O)[O-])c(NCc2ccccc2CN2CCC(O)CC2)nc2ccccn12. The van der Waals surface area contributed by atoms with E-state index in [0.29, 0.717) is 12.2 Å². The maximum absolute atomic E-state index is 12.6. The van der Waals surface area contributed by atoms with E-state index in [0.717, 1.165) is 43.6 Å². The van der Waals surface area contributed by atoms with E-state index in [1.165, 1.54) is 10.6 Å². The lowest BCUT2D eigenvalue weighted by atomic mass is 10.0. The average molecular weight is 409 g/mol. The van der Waals surface area contributed by atoms with Crippen LogP contribution in [0.3, 0.4) is 0 Å². The first kappa shape index (κ1) is 20.0. The molecule has 30 heavy (non-hydrogen) atoms. The molecule has 4 rings (SSSR count). The van der Waals surface area contributed by atoms with Gasteiger partial charge in [0.25, 0.3) is 0 Å². The number of aliphatic hydroxyl groups excluding tert-OH is 1. The Kier molecular flexibility index (Phi) is 5.73. The number of pyridine rings is 1. The van der Waals surface area contributed by atoms with Crippen molar-refractivity contribution in [2.75, 3.05) is 18.4 Å². The Bertz CT molecular complexity index is 1120. The molecule has 0 radical (unpaired) electrons. The number of hydrogen-bond donors (Lipinski definition) is 2. The number of hydrogen-bond acceptors (Lipinski definition) is 7. The molecule has 1 fully saturated rings. The summed E-state index contributed by atoms with van der Waals surface area (Å²) in [6.07, 6.45) is 2.76. The minimum Gasteiger partial charge on any atom is -0.393 e. The van der Waals surface area contributed by atoms with Gasteiger partial charge in [0.2, 0.25) is 5.82 Å². The van der Waals surface area contributed by atoms with Gasteiger partial charge in [-0.25, -0.2) is 4.98 Å². The molecule has 2 aromatic heterocycles. The van der Waals surface area contributed by atoms with Crippen molar-refractivity contribution < 1.29 is 10.0 Å². The average Bonchev–Trinajstić information content (AvgIpc) is 2.74. The van der Waals surface area contributed by atoms with Crippen LogP contribution in [0, 0.1) is 10.1 Å². The second kappa shape index (κ2) is 8.60. The summed E-state index contributed by atoms with van der Waals surface area (Å²) >= 11 is 0. The first-order chi connectivity index (χ1) is 14.5. The third kappa shape index (κ3) is 4.17. The third-order valence-electron chi connectivity index (χ3n) is 5.41. The first-order valence-electron chi connectivity index (χ1n) is 9.90. The molecule has 3 heterocycles. The van der Waals surface area contributed by atoms with E-state index in [-0.39, 0.29) is 11.9 Å². The topological polar surface area (TPSA) is 113 Å². The molecule has 1 aliphatic rings. The zero-order chi connectivity index (χ0) is 21.1. The van der Waals surface area contributed by atoms with Gasteiger partial charge in [0.15, 0.2) is 0 Å². The number of aliphatic hydroxyl groups is 1. The van der Waals surface area contributed by atoms with Crippen molar-refractivity contribution in [3.8, 4) is 0 Å². The maximum Gasteiger partial charge on any atom is 0.376 e. The van der Waals surface area contributed by atoms with E-state index in [1.54, 1.807) is 18.2 Å². The molecule has 0 bridgehead atoms. The number of nitrogens with one attached hydrogen (secondary N) is 1. The van der Waals surface area contributed by atoms with Gasteiger partial charge in [-0.15, -0.1) is 0 Å². The van der Waals surface area contributed by atoms with Crippen LogP contribution in [0.25, 0.3) is 5.65 Å². The zero-order valence-electron chi connectivity index (χ0n) is 16.4. The number of fused-ring (bicyclic) bond motifs is 1. The summed E-state index contributed by atoms with van der Waals surface area (Å²) in [7, 11) is 0. The number of benzene rings is 1. The molecule has 9 heteroatoms. The van der Waals surface area contributed by atoms with E-state index < -0.39 is 16.2 Å². The van der Waals surface area contributed by atoms with Crippen molar-refractivity contribution in [3.05, 3.63) is 80.3 Å². The summed E-state index contributed by atoms with van der Waals surface area (Å²) in [6, 6.07) is 12.8. The Hall–Kier alpha value is -3.30. The molecule has 0 unspecified atom stereocenters. The molecule has 3 aromatic rings. The second-order valence-electron chi connectivity index (χ2n) is 7.43. The monoisotopic (exact) mass is 409 g/mol. The van der Waals surface area contributed by atoms with Crippen LogP contribution < -0.4 is 10.9 Å². The van der Waals surface area contributed by atoms with Crippen LogP contribution >= 0.6 is 0 Å². The fourth-order valence-corrected chi connectivity index (χ4v) is 3.75. The number of aromatic nitrogens is 2. The first-order valence-corrected chi connectivity index (χ1v) is 9.90. The molecule has 0 aliphatic carbocycles. The van der Waals surface area contributed by atoms with Crippen LogP contribution in [-0.2, 0) is 13.1 Å². The Morgan fingerprint density at radius 1 is 1.13 bits per heavy atom. The van der Waals surface area contributed by atoms with Crippen molar-refractivity contribution in [1.29, 1.82) is 0 Å². The van der Waals surface area contributed by atoms with Crippen LogP contribution in [0.2, 0.25) is 0 Å². The Labute approximate surface area is 172 Å². The quantitative estimate of drug-likeness (QED) is 0.474. The molecule has 0 atom stereocenters. The summed E-state index contributed by atoms with van der Waals surface area (Å²) < 4.78 is 1.17. The molecule has 2 N–H and O–H groups in total. The van der Waals surface area contributed by atoms with Gasteiger partial charge in [-0.05, 0) is 36.1 Å². The van der Waals surface area contributed by atoms with Gasteiger partial charge in [0.1, 0.15) is 5.65 Å². The fourth-order valence-electron chi connectivity index (χ4n) is 3.75. The Morgan fingerprint density at radius 3 is 2.57 bits per heavy atom. The standard InChI is InChI=1S/C21H23N5O4/c27-17-8-11-24(12-9-17)14-16-6-2-1-5-15(16)13-22-20-19(26(29)30)21(28)25-10-4-3-7-18(25)23-20/h1-7,10,17,22,27H,8-9,11-14H2. The van der Waals surface area contributed by atoms with Crippen LogP contribution in [0.15, 0.2) is 53.5 Å². The van der Waals surface area contributed by atoms with E-state index in [9.17, 15) is 20.0 Å². The van der Waals surface area contributed by atoms with Gasteiger partial charge in [-0.1, -0.05) is 30.3 Å². The van der Waals surface area contributed by atoms with Gasteiger partial charge in [0, 0.05) is 32.4 Å². The van der Waals surface area contributed by atoms with E-state index in [1.807, 2.05) is 24.3 Å². The zero-order valence-corrected chi connectivity index (χ0v) is 16.4. The Morgan fingerprint density at radius 2 is 1.83 bits per heavy atom. The Balaban J connectivity index is 1.58. The van der Waals surface area contributed by atoms with Gasteiger partial charge >= 0.3 is 11.2 Å². The number of anilines is 1. The number of likely N-dealkylation sites (tertiary alicyclic amines) is 1. The molecular weight excluding hydrogens is 386 g/mol. The highest BCUT2D eigenvalue weighted by Gasteiger charge is 2.24. The van der Waals surface area contributed by atoms with Gasteiger partial charge in [-0.2, -0.15) is 0 Å². The maximum atomic E-state index is 12.6. The number of nitro groups is 1. The van der Waals surface area contributed by atoms with Crippen molar-refractivity contribution >= 4 is 17.2 Å². The van der Waals surface area contributed by atoms with E-state index in [4.69, 9.17) is 0 Å². The minimum atomic E-state index is -0.715. The molecule has 1 aromatic carbocycles. The third-order valence-corrected chi connectivity index (χ3v) is 5.41. The highest BCUT2D eigenvalue weighted by Crippen LogP contribution is 2.21. The second-order valence-corrected chi connectivity index (χ2v) is 7.43. The summed E-state index contributed by atoms with van der Waals surface area (Å²) in [5.41, 5.74) is 1.14. The van der Waals surface area contributed by atoms with E-state index >= 15 is 0 Å². The fraction of sp³-hybridized carbons (Fsp3) is 0.333. The van der Waals surface area contributed by atoms with Crippen LogP contribution in [0.5, 0.6) is 0 Å². The van der Waals surface area contributed by atoms with Gasteiger partial charge in [0.05, 0.1) is 11.0 Å². The van der Waals surface area contributed by atoms with Crippen molar-refractivity contribution in [3.63, 3.8) is 0 Å². The summed E-state index contributed by atoms with van der Waals surface area (Å²) in [6.45, 7) is 2.71. The van der Waals surface area contributed by atoms with Crippen LogP contribution in [0.1, 0.15) is 24.0 Å². The van der Waals surface area contributed by atoms with Gasteiger partial charge < -0.3 is 10.4 Å². The lowest BCUT2D eigenvalue weighted by Crippen LogP contribution is -2.35. The molecule has 0 amide bonds. The number of piperidine rings is 1. The molecule has 156 valence electrons. The van der Waals surface area contributed by atoms with Crippen molar-refractivity contribution in [2.24, 2.45) is 0 Å². The largest absolute Gasteiger partial charge is 0.393 e. The van der Waals surface area contributed by atoms with Crippen LogP contribution in [0.4, 0.5) is 11.5 Å². The predicted molar refractivity (Wildman–Crippen MR) is 112 cm³/mol. The van der Waals surface area contributed by atoms with Crippen molar-refractivity contribution in [1.82, 2.24) is 14.3 Å². The molecule has 1 saturated heterocycles. The molecular formula is C21H23N5O4. The smallest absolute Gasteiger partial charge is 0.376 e. The normalized spacial score (nSPS) is 15.4. The molecule has 0 saturated carbocycles. The van der Waals surface area contributed by atoms with Crippen LogP contribution in [-0.4, -0.2) is 43.5 Å². The summed E-state index contributed by atoms with van der Waals surface area (Å²) in [5, 5.41) is 24.2. The van der Waals surface area contributed by atoms with E-state index in [2.05, 4.69) is 15.2 Å².